The molecule has 2 heterocycles. The monoisotopic (exact) mass is 415 g/mol. The molecule has 2 aromatic rings. The summed E-state index contributed by atoms with van der Waals surface area (Å²) in [6, 6.07) is 15.2. The Labute approximate surface area is 171 Å². The van der Waals surface area contributed by atoms with Gasteiger partial charge in [-0.25, -0.2) is 8.42 Å². The number of likely N-dealkylation sites (tertiary alicyclic amines) is 1. The Hall–Kier alpha value is -2.58. The number of para-hydroxylation sites is 2. The zero-order chi connectivity index (χ0) is 20.4. The van der Waals surface area contributed by atoms with Crippen LogP contribution in [0.25, 0.3) is 0 Å². The Morgan fingerprint density at radius 2 is 1.69 bits per heavy atom. The number of hydrogen-bond donors (Lipinski definition) is 1. The first-order valence-electron chi connectivity index (χ1n) is 9.77. The van der Waals surface area contributed by atoms with Crippen LogP contribution in [0.4, 0.5) is 5.69 Å². The van der Waals surface area contributed by atoms with Crippen molar-refractivity contribution in [3.05, 3.63) is 54.6 Å². The van der Waals surface area contributed by atoms with E-state index in [1.165, 1.54) is 4.31 Å². The largest absolute Gasteiger partial charge is 0.476 e. The van der Waals surface area contributed by atoms with Crippen LogP contribution in [0.15, 0.2) is 59.5 Å². The molecule has 4 rings (SSSR count). The van der Waals surface area contributed by atoms with Gasteiger partial charge in [0.05, 0.1) is 17.1 Å². The number of carbonyl (C=O) groups excluding carboxylic acids is 1. The van der Waals surface area contributed by atoms with Crippen LogP contribution in [0.2, 0.25) is 0 Å². The quantitative estimate of drug-likeness (QED) is 0.825. The van der Waals surface area contributed by atoms with Crippen molar-refractivity contribution in [2.45, 2.75) is 29.9 Å². The molecular weight excluding hydrogens is 390 g/mol. The number of benzene rings is 2. The summed E-state index contributed by atoms with van der Waals surface area (Å²) in [7, 11) is -1.75. The molecule has 1 amide bonds. The summed E-state index contributed by atoms with van der Waals surface area (Å²) in [5.41, 5.74) is 0.444. The van der Waals surface area contributed by atoms with Gasteiger partial charge >= 0.3 is 0 Å². The third kappa shape index (κ3) is 4.09. The van der Waals surface area contributed by atoms with Gasteiger partial charge < -0.3 is 15.0 Å². The Morgan fingerprint density at radius 1 is 1.03 bits per heavy atom. The number of ether oxygens (including phenoxy) is 1. The highest BCUT2D eigenvalue weighted by atomic mass is 32.2. The van der Waals surface area contributed by atoms with E-state index in [9.17, 15) is 13.2 Å². The molecule has 8 heteroatoms. The summed E-state index contributed by atoms with van der Waals surface area (Å²) in [4.78, 5) is 15.3. The van der Waals surface area contributed by atoms with Gasteiger partial charge in [0.2, 0.25) is 0 Å². The van der Waals surface area contributed by atoms with Crippen LogP contribution in [0.1, 0.15) is 12.8 Å². The lowest BCUT2D eigenvalue weighted by atomic mass is 10.1. The van der Waals surface area contributed by atoms with Crippen molar-refractivity contribution in [1.29, 1.82) is 0 Å². The number of rotatable bonds is 4. The summed E-state index contributed by atoms with van der Waals surface area (Å²) >= 11 is 0. The van der Waals surface area contributed by atoms with E-state index >= 15 is 0 Å². The summed E-state index contributed by atoms with van der Waals surface area (Å²) in [5, 5.41) is 3.04. The number of nitrogens with one attached hydrogen (secondary N) is 1. The standard InChI is InChI=1S/C21H25N3O4S/c1-23-13-11-16(12-14-23)22-21(25)20-15-24(18-9-5-6-10-19(18)28-20)29(26,27)17-7-3-2-4-8-17/h2-10,16,20H,11-15H2,1H3,(H,22,25)/t20-/m1/s1. The second-order valence-corrected chi connectivity index (χ2v) is 9.37. The highest BCUT2D eigenvalue weighted by Gasteiger charge is 2.38. The minimum atomic E-state index is -3.82. The lowest BCUT2D eigenvalue weighted by molar-refractivity contribution is -0.128. The van der Waals surface area contributed by atoms with Crippen molar-refractivity contribution in [2.75, 3.05) is 31.0 Å². The lowest BCUT2D eigenvalue weighted by Gasteiger charge is -2.36. The van der Waals surface area contributed by atoms with E-state index in [1.54, 1.807) is 54.6 Å². The molecule has 7 nitrogen and oxygen atoms in total. The first-order chi connectivity index (χ1) is 13.9. The molecule has 29 heavy (non-hydrogen) atoms. The molecule has 2 aliphatic heterocycles. The molecule has 0 saturated carbocycles. The first-order valence-corrected chi connectivity index (χ1v) is 11.2. The van der Waals surface area contributed by atoms with Gasteiger partial charge in [0.15, 0.2) is 6.10 Å². The van der Waals surface area contributed by atoms with Crippen molar-refractivity contribution in [3.8, 4) is 5.75 Å². The summed E-state index contributed by atoms with van der Waals surface area (Å²) in [6.07, 6.45) is 0.845. The molecule has 154 valence electrons. The molecule has 0 spiro atoms. The zero-order valence-corrected chi connectivity index (χ0v) is 17.1. The maximum Gasteiger partial charge on any atom is 0.264 e. The van der Waals surface area contributed by atoms with Crippen molar-refractivity contribution >= 4 is 21.6 Å². The van der Waals surface area contributed by atoms with Crippen LogP contribution in [-0.2, 0) is 14.8 Å². The SMILES string of the molecule is CN1CCC(NC(=O)[C@H]2CN(S(=O)(=O)c3ccccc3)c3ccccc3O2)CC1. The number of piperidine rings is 1. The fourth-order valence-corrected chi connectivity index (χ4v) is 5.23. The molecular formula is C21H25N3O4S. The smallest absolute Gasteiger partial charge is 0.264 e. The van der Waals surface area contributed by atoms with Crippen LogP contribution in [0, 0.1) is 0 Å². The van der Waals surface area contributed by atoms with Crippen LogP contribution in [0.5, 0.6) is 5.75 Å². The molecule has 1 atom stereocenters. The number of nitrogens with zero attached hydrogens (tertiary/aromatic N) is 2. The van der Waals surface area contributed by atoms with Gasteiger partial charge in [0, 0.05) is 6.04 Å². The molecule has 1 saturated heterocycles. The first kappa shape index (κ1) is 19.7. The topological polar surface area (TPSA) is 79.0 Å². The van der Waals surface area contributed by atoms with Crippen LogP contribution < -0.4 is 14.4 Å². The molecule has 0 unspecified atom stereocenters. The molecule has 0 aromatic heterocycles. The van der Waals surface area contributed by atoms with E-state index in [2.05, 4.69) is 17.3 Å². The Bertz CT molecular complexity index is 972. The van der Waals surface area contributed by atoms with E-state index in [-0.39, 0.29) is 23.4 Å². The molecule has 0 radical (unpaired) electrons. The van der Waals surface area contributed by atoms with Crippen molar-refractivity contribution in [2.24, 2.45) is 0 Å². The van der Waals surface area contributed by atoms with Crippen molar-refractivity contribution in [1.82, 2.24) is 10.2 Å². The predicted octanol–water partition coefficient (Wildman–Crippen LogP) is 1.85. The molecule has 1 N–H and O–H groups in total. The normalized spacial score (nSPS) is 20.6. The molecule has 2 aromatic carbocycles. The van der Waals surface area contributed by atoms with Crippen molar-refractivity contribution in [3.63, 3.8) is 0 Å². The van der Waals surface area contributed by atoms with E-state index in [0.29, 0.717) is 11.4 Å². The Kier molecular flexibility index (Phi) is 5.47. The van der Waals surface area contributed by atoms with Crippen LogP contribution in [0.3, 0.4) is 0 Å². The Balaban J connectivity index is 1.59. The van der Waals surface area contributed by atoms with Gasteiger partial charge in [-0.3, -0.25) is 9.10 Å². The Morgan fingerprint density at radius 3 is 2.41 bits per heavy atom. The number of sulfonamides is 1. The molecule has 0 aliphatic carbocycles. The van der Waals surface area contributed by atoms with E-state index in [1.807, 2.05) is 0 Å². The summed E-state index contributed by atoms with van der Waals surface area (Å²) < 4.78 is 33.7. The average Bonchev–Trinajstić information content (AvgIpc) is 2.75. The maximum absolute atomic E-state index is 13.3. The number of fused-ring (bicyclic) bond motifs is 1. The van der Waals surface area contributed by atoms with Gasteiger partial charge in [0.1, 0.15) is 5.75 Å². The third-order valence-corrected chi connectivity index (χ3v) is 7.22. The minimum absolute atomic E-state index is 0.0628. The van der Waals surface area contributed by atoms with E-state index in [0.717, 1.165) is 25.9 Å². The summed E-state index contributed by atoms with van der Waals surface area (Å²) in [6.45, 7) is 1.79. The van der Waals surface area contributed by atoms with Crippen LogP contribution in [-0.4, -0.2) is 58.1 Å². The molecule has 0 bridgehead atoms. The van der Waals surface area contributed by atoms with E-state index < -0.39 is 16.1 Å². The number of carbonyl (C=O) groups is 1. The van der Waals surface area contributed by atoms with Gasteiger partial charge in [-0.2, -0.15) is 0 Å². The van der Waals surface area contributed by atoms with Crippen LogP contribution >= 0.6 is 0 Å². The van der Waals surface area contributed by atoms with Gasteiger partial charge in [-0.1, -0.05) is 30.3 Å². The maximum atomic E-state index is 13.3. The van der Waals surface area contributed by atoms with Gasteiger partial charge in [0.25, 0.3) is 15.9 Å². The lowest BCUT2D eigenvalue weighted by Crippen LogP contribution is -2.53. The number of amides is 1. The number of anilines is 1. The second-order valence-electron chi connectivity index (χ2n) is 7.51. The summed E-state index contributed by atoms with van der Waals surface area (Å²) in [5.74, 6) is 0.115. The second kappa shape index (κ2) is 8.04. The van der Waals surface area contributed by atoms with Crippen molar-refractivity contribution < 1.29 is 17.9 Å². The number of hydrogen-bond acceptors (Lipinski definition) is 5. The zero-order valence-electron chi connectivity index (χ0n) is 16.3. The fraction of sp³-hybridized carbons (Fsp3) is 0.381. The third-order valence-electron chi connectivity index (χ3n) is 5.42. The van der Waals surface area contributed by atoms with E-state index in [4.69, 9.17) is 4.74 Å². The molecule has 2 aliphatic rings. The molecule has 1 fully saturated rings. The fourth-order valence-electron chi connectivity index (χ4n) is 3.73. The highest BCUT2D eigenvalue weighted by molar-refractivity contribution is 7.92. The predicted molar refractivity (Wildman–Crippen MR) is 110 cm³/mol. The highest BCUT2D eigenvalue weighted by Crippen LogP contribution is 2.36. The van der Waals surface area contributed by atoms with Gasteiger partial charge in [-0.05, 0) is 57.2 Å². The minimum Gasteiger partial charge on any atom is -0.476 e. The van der Waals surface area contributed by atoms with Gasteiger partial charge in [-0.15, -0.1) is 0 Å². The average molecular weight is 416 g/mol.